The molecule has 4 heteroatoms. The molecule has 0 radical (unpaired) electrons. The zero-order chi connectivity index (χ0) is 9.14. The minimum absolute atomic E-state index is 0.289. The van der Waals surface area contributed by atoms with Gasteiger partial charge >= 0.3 is 0 Å². The number of alkyl halides is 1. The molecule has 0 N–H and O–H groups in total. The molecule has 12 heavy (non-hydrogen) atoms. The summed E-state index contributed by atoms with van der Waals surface area (Å²) in [5, 5.41) is 9.21. The molecule has 1 aromatic carbocycles. The molecule has 0 saturated heterocycles. The minimum atomic E-state index is -0.289. The van der Waals surface area contributed by atoms with Gasteiger partial charge in [0.15, 0.2) is 0 Å². The highest BCUT2D eigenvalue weighted by Gasteiger charge is 2.06. The van der Waals surface area contributed by atoms with E-state index in [9.17, 15) is 0 Å². The number of nitrogens with zero attached hydrogens (tertiary/aromatic N) is 1. The summed E-state index contributed by atoms with van der Waals surface area (Å²) in [6, 6.07) is 7.50. The summed E-state index contributed by atoms with van der Waals surface area (Å²) in [7, 11) is 0. The van der Waals surface area contributed by atoms with E-state index in [-0.39, 0.29) is 4.83 Å². The first kappa shape index (κ1) is 10.0. The summed E-state index contributed by atoms with van der Waals surface area (Å²) in [6.45, 7) is 0. The van der Waals surface area contributed by atoms with Crippen molar-refractivity contribution >= 4 is 43.5 Å². The largest absolute Gasteiger partial charge is 0.197 e. The average Bonchev–Trinajstić information content (AvgIpc) is 2.08. The molecule has 0 spiro atoms. The molecule has 1 unspecified atom stereocenters. The van der Waals surface area contributed by atoms with E-state index in [1.807, 2.05) is 12.1 Å². The van der Waals surface area contributed by atoms with Gasteiger partial charge in [-0.2, -0.15) is 5.26 Å². The second-order valence-corrected chi connectivity index (χ2v) is 4.34. The zero-order valence-corrected chi connectivity index (χ0v) is 9.82. The Hall–Kier alpha value is -0.0400. The first-order valence-corrected chi connectivity index (χ1v) is 5.22. The van der Waals surface area contributed by atoms with Gasteiger partial charge in [-0.3, -0.25) is 0 Å². The van der Waals surface area contributed by atoms with Crippen LogP contribution in [-0.4, -0.2) is 0 Å². The number of hydrogen-bond donors (Lipinski definition) is 0. The third-order valence-electron chi connectivity index (χ3n) is 1.35. The zero-order valence-electron chi connectivity index (χ0n) is 5.89. The molecule has 0 amide bonds. The Morgan fingerprint density at radius 1 is 1.50 bits per heavy atom. The van der Waals surface area contributed by atoms with E-state index in [1.165, 1.54) is 0 Å². The van der Waals surface area contributed by atoms with Crippen molar-refractivity contribution in [3.8, 4) is 6.07 Å². The van der Waals surface area contributed by atoms with Gasteiger partial charge in [-0.1, -0.05) is 33.6 Å². The lowest BCUT2D eigenvalue weighted by Gasteiger charge is -2.02. The van der Waals surface area contributed by atoms with Crippen molar-refractivity contribution in [2.24, 2.45) is 0 Å². The molecule has 1 nitrogen and oxygen atoms in total. The molecule has 0 aliphatic heterocycles. The van der Waals surface area contributed by atoms with Gasteiger partial charge in [0.25, 0.3) is 0 Å². The van der Waals surface area contributed by atoms with Crippen molar-refractivity contribution in [1.82, 2.24) is 0 Å². The van der Waals surface area contributed by atoms with E-state index >= 15 is 0 Å². The normalized spacial score (nSPS) is 12.2. The maximum absolute atomic E-state index is 8.60. The monoisotopic (exact) mass is 307 g/mol. The Labute approximate surface area is 92.6 Å². The second kappa shape index (κ2) is 4.27. The fourth-order valence-corrected chi connectivity index (χ4v) is 1.46. The van der Waals surface area contributed by atoms with Crippen LogP contribution in [0.25, 0.3) is 0 Å². The number of benzene rings is 1. The summed E-state index contributed by atoms with van der Waals surface area (Å²) in [5.41, 5.74) is 0.866. The van der Waals surface area contributed by atoms with Gasteiger partial charge in [0.2, 0.25) is 0 Å². The highest BCUT2D eigenvalue weighted by Crippen LogP contribution is 2.29. The van der Waals surface area contributed by atoms with E-state index in [1.54, 1.807) is 6.07 Å². The van der Waals surface area contributed by atoms with Crippen molar-refractivity contribution < 1.29 is 0 Å². The topological polar surface area (TPSA) is 23.8 Å². The number of rotatable bonds is 1. The first-order valence-electron chi connectivity index (χ1n) is 3.14. The molecule has 1 atom stereocenters. The van der Waals surface area contributed by atoms with E-state index in [4.69, 9.17) is 16.9 Å². The Morgan fingerprint density at radius 3 is 2.67 bits per heavy atom. The SMILES string of the molecule is N#CC(Br)c1ccc(Br)c(Cl)c1. The van der Waals surface area contributed by atoms with Gasteiger partial charge in [-0.15, -0.1) is 0 Å². The average molecular weight is 309 g/mol. The van der Waals surface area contributed by atoms with Crippen molar-refractivity contribution in [2.75, 3.05) is 0 Å². The molecule has 0 fully saturated rings. The lowest BCUT2D eigenvalue weighted by atomic mass is 10.2. The fraction of sp³-hybridized carbons (Fsp3) is 0.125. The Kier molecular flexibility index (Phi) is 3.57. The molecule has 0 heterocycles. The van der Waals surface area contributed by atoms with Crippen LogP contribution in [0.3, 0.4) is 0 Å². The molecule has 0 aromatic heterocycles. The molecule has 0 bridgehead atoms. The van der Waals surface area contributed by atoms with Gasteiger partial charge in [0, 0.05) is 4.47 Å². The van der Waals surface area contributed by atoms with E-state index in [2.05, 4.69) is 37.9 Å². The van der Waals surface area contributed by atoms with Crippen molar-refractivity contribution in [3.05, 3.63) is 33.3 Å². The summed E-state index contributed by atoms with van der Waals surface area (Å²) in [4.78, 5) is -0.289. The molecular formula is C8H4Br2ClN. The van der Waals surface area contributed by atoms with Crippen LogP contribution >= 0.6 is 43.5 Å². The molecular weight excluding hydrogens is 305 g/mol. The molecule has 1 rings (SSSR count). The molecule has 62 valence electrons. The minimum Gasteiger partial charge on any atom is -0.197 e. The van der Waals surface area contributed by atoms with Gasteiger partial charge in [-0.25, -0.2) is 0 Å². The molecule has 1 aromatic rings. The summed E-state index contributed by atoms with van der Waals surface area (Å²) < 4.78 is 0.838. The van der Waals surface area contributed by atoms with Crippen LogP contribution in [0.4, 0.5) is 0 Å². The third-order valence-corrected chi connectivity index (χ3v) is 3.32. The predicted molar refractivity (Wildman–Crippen MR) is 56.4 cm³/mol. The Bertz CT molecular complexity index is 332. The number of nitriles is 1. The van der Waals surface area contributed by atoms with Crippen LogP contribution in [0, 0.1) is 11.3 Å². The fourth-order valence-electron chi connectivity index (χ4n) is 0.745. The van der Waals surface area contributed by atoms with E-state index < -0.39 is 0 Å². The molecule has 0 aliphatic carbocycles. The predicted octanol–water partition coefficient (Wildman–Crippen LogP) is 4.06. The maximum Gasteiger partial charge on any atom is 0.126 e. The van der Waals surface area contributed by atoms with E-state index in [0.29, 0.717) is 5.02 Å². The Morgan fingerprint density at radius 2 is 2.17 bits per heavy atom. The van der Waals surface area contributed by atoms with Crippen LogP contribution in [0.5, 0.6) is 0 Å². The van der Waals surface area contributed by atoms with Crippen LogP contribution < -0.4 is 0 Å². The van der Waals surface area contributed by atoms with Crippen LogP contribution in [0.2, 0.25) is 5.02 Å². The number of halogens is 3. The summed E-state index contributed by atoms with van der Waals surface area (Å²) in [5.74, 6) is 0. The first-order chi connectivity index (χ1) is 5.65. The summed E-state index contributed by atoms with van der Waals surface area (Å²) in [6.07, 6.45) is 0. The third kappa shape index (κ3) is 2.22. The van der Waals surface area contributed by atoms with Crippen LogP contribution in [0.15, 0.2) is 22.7 Å². The van der Waals surface area contributed by atoms with Gasteiger partial charge in [0.1, 0.15) is 4.83 Å². The second-order valence-electron chi connectivity index (χ2n) is 2.17. The number of hydrogen-bond acceptors (Lipinski definition) is 1. The van der Waals surface area contributed by atoms with Crippen molar-refractivity contribution in [2.45, 2.75) is 4.83 Å². The highest BCUT2D eigenvalue weighted by atomic mass is 79.9. The summed E-state index contributed by atoms with van der Waals surface area (Å²) >= 11 is 12.3. The van der Waals surface area contributed by atoms with Crippen LogP contribution in [-0.2, 0) is 0 Å². The van der Waals surface area contributed by atoms with Gasteiger partial charge in [0.05, 0.1) is 11.1 Å². The smallest absolute Gasteiger partial charge is 0.126 e. The molecule has 0 aliphatic rings. The van der Waals surface area contributed by atoms with E-state index in [0.717, 1.165) is 10.0 Å². The Balaban J connectivity index is 3.06. The van der Waals surface area contributed by atoms with Gasteiger partial charge in [-0.05, 0) is 33.6 Å². The van der Waals surface area contributed by atoms with Crippen molar-refractivity contribution in [1.29, 1.82) is 5.26 Å². The standard InChI is InChI=1S/C8H4Br2ClN/c9-6-2-1-5(3-8(6)11)7(10)4-12/h1-3,7H. The van der Waals surface area contributed by atoms with Gasteiger partial charge < -0.3 is 0 Å². The lowest BCUT2D eigenvalue weighted by molar-refractivity contribution is 1.25. The quantitative estimate of drug-likeness (QED) is 0.718. The maximum atomic E-state index is 8.60. The van der Waals surface area contributed by atoms with Crippen molar-refractivity contribution in [3.63, 3.8) is 0 Å². The van der Waals surface area contributed by atoms with Crippen LogP contribution in [0.1, 0.15) is 10.4 Å². The molecule has 0 saturated carbocycles. The highest BCUT2D eigenvalue weighted by molar-refractivity contribution is 9.10. The lowest BCUT2D eigenvalue weighted by Crippen LogP contribution is -1.85.